The number of aromatic carboxylic acids is 2. The van der Waals surface area contributed by atoms with Gasteiger partial charge in [0.05, 0.1) is 11.1 Å². The Labute approximate surface area is 179 Å². The van der Waals surface area contributed by atoms with Crippen molar-refractivity contribution >= 4 is 11.9 Å². The van der Waals surface area contributed by atoms with E-state index in [4.69, 9.17) is 0 Å². The minimum atomic E-state index is -0.917. The van der Waals surface area contributed by atoms with Gasteiger partial charge in [0.25, 0.3) is 0 Å². The van der Waals surface area contributed by atoms with Crippen LogP contribution in [-0.2, 0) is 5.41 Å². The Kier molecular flexibility index (Phi) is 7.67. The molecule has 2 N–H and O–H groups in total. The third-order valence-electron chi connectivity index (χ3n) is 6.58. The summed E-state index contributed by atoms with van der Waals surface area (Å²) in [6, 6.07) is 14.6. The molecule has 0 bridgehead atoms. The normalized spacial score (nSPS) is 18.0. The molecule has 0 saturated heterocycles. The lowest BCUT2D eigenvalue weighted by Crippen LogP contribution is -2.28. The van der Waals surface area contributed by atoms with Crippen LogP contribution in [0.25, 0.3) is 0 Å². The number of hydrogen-bond acceptors (Lipinski definition) is 2. The first-order valence-electron chi connectivity index (χ1n) is 11.2. The van der Waals surface area contributed by atoms with Gasteiger partial charge in [-0.3, -0.25) is 0 Å². The second kappa shape index (κ2) is 10.4. The van der Waals surface area contributed by atoms with E-state index >= 15 is 0 Å². The fourth-order valence-corrected chi connectivity index (χ4v) is 4.82. The predicted molar refractivity (Wildman–Crippen MR) is 118 cm³/mol. The number of carboxylic acid groups (broad SMARTS) is 2. The Balaban J connectivity index is 2.02. The van der Waals surface area contributed by atoms with Gasteiger partial charge >= 0.3 is 11.9 Å². The van der Waals surface area contributed by atoms with Crippen LogP contribution in [-0.4, -0.2) is 22.2 Å². The molecule has 0 heterocycles. The molecule has 2 aromatic carbocycles. The zero-order valence-corrected chi connectivity index (χ0v) is 17.6. The zero-order valence-electron chi connectivity index (χ0n) is 17.6. The van der Waals surface area contributed by atoms with Crippen LogP contribution >= 0.6 is 0 Å². The SMILES string of the molecule is O=C(O)c1ccc(C2(c3ccc(C(=O)O)cc3)CCCCCCCCCCC2)cc1. The first-order chi connectivity index (χ1) is 14.5. The minimum Gasteiger partial charge on any atom is -0.478 e. The molecule has 0 unspecified atom stereocenters. The Morgan fingerprint density at radius 3 is 1.13 bits per heavy atom. The summed E-state index contributed by atoms with van der Waals surface area (Å²) in [6.07, 6.45) is 13.0. The Hall–Kier alpha value is -2.62. The highest BCUT2D eigenvalue weighted by atomic mass is 16.4. The van der Waals surface area contributed by atoms with Gasteiger partial charge in [0.2, 0.25) is 0 Å². The molecule has 160 valence electrons. The molecule has 0 aromatic heterocycles. The van der Waals surface area contributed by atoms with Crippen LogP contribution in [0.15, 0.2) is 48.5 Å². The molecule has 3 rings (SSSR count). The van der Waals surface area contributed by atoms with E-state index in [1.54, 1.807) is 24.3 Å². The Morgan fingerprint density at radius 2 is 0.833 bits per heavy atom. The molecule has 4 heteroatoms. The van der Waals surface area contributed by atoms with Crippen molar-refractivity contribution in [1.29, 1.82) is 0 Å². The van der Waals surface area contributed by atoms with Crippen molar-refractivity contribution in [3.05, 3.63) is 70.8 Å². The lowest BCUT2D eigenvalue weighted by atomic mass is 9.67. The molecular formula is C26H32O4. The summed E-state index contributed by atoms with van der Waals surface area (Å²) in [5.74, 6) is -1.83. The topological polar surface area (TPSA) is 74.6 Å². The Bertz CT molecular complexity index is 765. The molecule has 4 nitrogen and oxygen atoms in total. The molecular weight excluding hydrogens is 376 g/mol. The zero-order chi connectivity index (χ0) is 21.4. The smallest absolute Gasteiger partial charge is 0.335 e. The van der Waals surface area contributed by atoms with Crippen LogP contribution in [0.5, 0.6) is 0 Å². The van der Waals surface area contributed by atoms with Crippen molar-refractivity contribution < 1.29 is 19.8 Å². The maximum atomic E-state index is 11.3. The molecule has 30 heavy (non-hydrogen) atoms. The van der Waals surface area contributed by atoms with Crippen molar-refractivity contribution in [1.82, 2.24) is 0 Å². The van der Waals surface area contributed by atoms with Crippen molar-refractivity contribution in [2.75, 3.05) is 0 Å². The molecule has 1 fully saturated rings. The summed E-state index contributed by atoms with van der Waals surface area (Å²) in [5, 5.41) is 18.6. The van der Waals surface area contributed by atoms with Gasteiger partial charge in [0.1, 0.15) is 0 Å². The van der Waals surface area contributed by atoms with Crippen LogP contribution in [0, 0.1) is 0 Å². The summed E-state index contributed by atoms with van der Waals surface area (Å²) in [5.41, 5.74) is 2.64. The second-order valence-electron chi connectivity index (χ2n) is 8.53. The molecule has 0 aliphatic heterocycles. The molecule has 1 aliphatic rings. The van der Waals surface area contributed by atoms with Crippen LogP contribution < -0.4 is 0 Å². The maximum Gasteiger partial charge on any atom is 0.335 e. The highest BCUT2D eigenvalue weighted by Crippen LogP contribution is 2.42. The average molecular weight is 409 g/mol. The molecule has 0 spiro atoms. The van der Waals surface area contributed by atoms with E-state index < -0.39 is 11.9 Å². The number of hydrogen-bond donors (Lipinski definition) is 2. The quantitative estimate of drug-likeness (QED) is 0.592. The van der Waals surface area contributed by atoms with Gasteiger partial charge in [-0.2, -0.15) is 0 Å². The van der Waals surface area contributed by atoms with E-state index in [1.165, 1.54) is 44.9 Å². The van der Waals surface area contributed by atoms with Gasteiger partial charge in [-0.15, -0.1) is 0 Å². The van der Waals surface area contributed by atoms with Crippen LogP contribution in [0.2, 0.25) is 0 Å². The third kappa shape index (κ3) is 5.29. The maximum absolute atomic E-state index is 11.3. The Morgan fingerprint density at radius 1 is 0.533 bits per heavy atom. The molecule has 0 atom stereocenters. The molecule has 1 saturated carbocycles. The van der Waals surface area contributed by atoms with Crippen molar-refractivity contribution in [3.63, 3.8) is 0 Å². The first-order valence-corrected chi connectivity index (χ1v) is 11.2. The standard InChI is InChI=1S/C26H32O4/c27-24(28)20-10-14-22(15-11-20)26(23-16-12-21(13-17-23)25(29)30)18-8-6-4-2-1-3-5-7-9-19-26/h10-17H,1-9,18-19H2,(H,27,28)(H,29,30). The number of carboxylic acids is 2. The number of benzene rings is 2. The minimum absolute atomic E-state index is 0.215. The van der Waals surface area contributed by atoms with E-state index in [0.717, 1.165) is 36.8 Å². The monoisotopic (exact) mass is 408 g/mol. The fraction of sp³-hybridized carbons (Fsp3) is 0.462. The fourth-order valence-electron chi connectivity index (χ4n) is 4.82. The van der Waals surface area contributed by atoms with Gasteiger partial charge in [0.15, 0.2) is 0 Å². The van der Waals surface area contributed by atoms with E-state index in [-0.39, 0.29) is 5.41 Å². The summed E-state index contributed by atoms with van der Waals surface area (Å²) < 4.78 is 0. The van der Waals surface area contributed by atoms with E-state index in [0.29, 0.717) is 11.1 Å². The van der Waals surface area contributed by atoms with Crippen LogP contribution in [0.3, 0.4) is 0 Å². The van der Waals surface area contributed by atoms with Gasteiger partial charge in [-0.1, -0.05) is 82.1 Å². The van der Waals surface area contributed by atoms with Gasteiger partial charge in [0, 0.05) is 5.41 Å². The third-order valence-corrected chi connectivity index (χ3v) is 6.58. The van der Waals surface area contributed by atoms with E-state index in [9.17, 15) is 19.8 Å². The highest BCUT2D eigenvalue weighted by Gasteiger charge is 2.33. The number of rotatable bonds is 4. The van der Waals surface area contributed by atoms with Gasteiger partial charge < -0.3 is 10.2 Å². The average Bonchev–Trinajstić information content (AvgIpc) is 2.75. The van der Waals surface area contributed by atoms with E-state index in [1.807, 2.05) is 24.3 Å². The van der Waals surface area contributed by atoms with Crippen LogP contribution in [0.1, 0.15) is 102 Å². The van der Waals surface area contributed by atoms with Gasteiger partial charge in [-0.25, -0.2) is 9.59 Å². The number of carbonyl (C=O) groups is 2. The van der Waals surface area contributed by atoms with Crippen molar-refractivity contribution in [2.24, 2.45) is 0 Å². The summed E-state index contributed by atoms with van der Waals surface area (Å²) in [4.78, 5) is 22.7. The van der Waals surface area contributed by atoms with E-state index in [2.05, 4.69) is 0 Å². The summed E-state index contributed by atoms with van der Waals surface area (Å²) >= 11 is 0. The molecule has 1 aliphatic carbocycles. The van der Waals surface area contributed by atoms with Crippen molar-refractivity contribution in [2.45, 2.75) is 76.0 Å². The van der Waals surface area contributed by atoms with Crippen molar-refractivity contribution in [3.8, 4) is 0 Å². The predicted octanol–water partition coefficient (Wildman–Crippen LogP) is 6.67. The van der Waals surface area contributed by atoms with Crippen LogP contribution in [0.4, 0.5) is 0 Å². The lowest BCUT2D eigenvalue weighted by molar-refractivity contribution is 0.0686. The molecule has 0 radical (unpaired) electrons. The second-order valence-corrected chi connectivity index (χ2v) is 8.53. The molecule has 0 amide bonds. The summed E-state index contributed by atoms with van der Waals surface area (Å²) in [6.45, 7) is 0. The summed E-state index contributed by atoms with van der Waals surface area (Å²) in [7, 11) is 0. The first kappa shape index (κ1) is 22.1. The highest BCUT2D eigenvalue weighted by molar-refractivity contribution is 5.88. The lowest BCUT2D eigenvalue weighted by Gasteiger charge is -2.36. The molecule has 2 aromatic rings. The largest absolute Gasteiger partial charge is 0.478 e. The van der Waals surface area contributed by atoms with Gasteiger partial charge in [-0.05, 0) is 48.2 Å².